The maximum absolute atomic E-state index is 12.2. The zero-order chi connectivity index (χ0) is 14.3. The third kappa shape index (κ3) is 2.05. The van der Waals surface area contributed by atoms with E-state index in [1.807, 2.05) is 0 Å². The lowest BCUT2D eigenvalue weighted by atomic mass is 10.1. The standard InChI is InChI=1S/C13H11ClN2O3S/c1-2-19-13(18)10-5-7-11-8(14)6-15-16(11)4-3-9(17)12(7)20-10/h5-6H,2-4H2,1H3. The van der Waals surface area contributed by atoms with Crippen LogP contribution < -0.4 is 0 Å². The molecule has 0 saturated carbocycles. The Morgan fingerprint density at radius 1 is 1.60 bits per heavy atom. The molecule has 2 aromatic rings. The predicted octanol–water partition coefficient (Wildman–Crippen LogP) is 3.03. The summed E-state index contributed by atoms with van der Waals surface area (Å²) in [5.74, 6) is -0.414. The molecule has 1 aliphatic heterocycles. The van der Waals surface area contributed by atoms with Gasteiger partial charge >= 0.3 is 5.97 Å². The summed E-state index contributed by atoms with van der Waals surface area (Å²) >= 11 is 7.31. The molecular formula is C13H11ClN2O3S. The SMILES string of the molecule is CCOC(=O)c1cc2c(s1)C(=O)CCn1ncc(Cl)c1-2. The quantitative estimate of drug-likeness (QED) is 0.800. The van der Waals surface area contributed by atoms with E-state index in [-0.39, 0.29) is 5.78 Å². The van der Waals surface area contributed by atoms with E-state index in [0.29, 0.717) is 45.6 Å². The monoisotopic (exact) mass is 310 g/mol. The number of ketones is 1. The first kappa shape index (κ1) is 13.3. The molecule has 20 heavy (non-hydrogen) atoms. The lowest BCUT2D eigenvalue weighted by Crippen LogP contribution is -2.04. The van der Waals surface area contributed by atoms with Gasteiger partial charge in [0.15, 0.2) is 5.78 Å². The molecule has 0 radical (unpaired) electrons. The lowest BCUT2D eigenvalue weighted by Gasteiger charge is -2.02. The second-order valence-electron chi connectivity index (χ2n) is 4.31. The Hall–Kier alpha value is -1.66. The van der Waals surface area contributed by atoms with Crippen LogP contribution in [0.4, 0.5) is 0 Å². The van der Waals surface area contributed by atoms with Crippen molar-refractivity contribution in [3.8, 4) is 11.3 Å². The molecule has 1 aliphatic rings. The number of hydrogen-bond donors (Lipinski definition) is 0. The fraction of sp³-hybridized carbons (Fsp3) is 0.308. The van der Waals surface area contributed by atoms with Gasteiger partial charge in [-0.15, -0.1) is 11.3 Å². The van der Waals surface area contributed by atoms with E-state index in [1.165, 1.54) is 0 Å². The largest absolute Gasteiger partial charge is 0.462 e. The van der Waals surface area contributed by atoms with Gasteiger partial charge in [-0.2, -0.15) is 5.10 Å². The van der Waals surface area contributed by atoms with E-state index in [4.69, 9.17) is 16.3 Å². The number of fused-ring (bicyclic) bond motifs is 3. The maximum atomic E-state index is 12.2. The first-order chi connectivity index (χ1) is 9.61. The summed E-state index contributed by atoms with van der Waals surface area (Å²) in [6.07, 6.45) is 1.90. The normalized spacial score (nSPS) is 13.6. The molecule has 3 rings (SSSR count). The molecular weight excluding hydrogens is 300 g/mol. The number of nitrogens with zero attached hydrogens (tertiary/aromatic N) is 2. The minimum absolute atomic E-state index is 0.00196. The van der Waals surface area contributed by atoms with Crippen LogP contribution in [0, 0.1) is 0 Å². The average Bonchev–Trinajstić information content (AvgIpc) is 2.97. The molecule has 0 atom stereocenters. The summed E-state index contributed by atoms with van der Waals surface area (Å²) in [6, 6.07) is 1.67. The van der Waals surface area contributed by atoms with Gasteiger partial charge in [0, 0.05) is 18.5 Å². The van der Waals surface area contributed by atoms with Gasteiger partial charge in [-0.25, -0.2) is 4.79 Å². The van der Waals surface area contributed by atoms with Gasteiger partial charge in [-0.05, 0) is 13.0 Å². The van der Waals surface area contributed by atoms with Crippen LogP contribution in [0.15, 0.2) is 12.3 Å². The molecule has 0 aromatic carbocycles. The molecule has 5 nitrogen and oxygen atoms in total. The van der Waals surface area contributed by atoms with E-state index in [0.717, 1.165) is 11.3 Å². The van der Waals surface area contributed by atoms with Crippen molar-refractivity contribution >= 4 is 34.7 Å². The lowest BCUT2D eigenvalue weighted by molar-refractivity contribution is 0.0532. The van der Waals surface area contributed by atoms with Gasteiger partial charge in [0.2, 0.25) is 0 Å². The number of aromatic nitrogens is 2. The smallest absolute Gasteiger partial charge is 0.348 e. The molecule has 0 saturated heterocycles. The molecule has 104 valence electrons. The van der Waals surface area contributed by atoms with Gasteiger partial charge < -0.3 is 4.74 Å². The van der Waals surface area contributed by atoms with E-state index in [9.17, 15) is 9.59 Å². The number of aryl methyl sites for hydroxylation is 1. The molecule has 0 unspecified atom stereocenters. The van der Waals surface area contributed by atoms with Crippen molar-refractivity contribution in [2.75, 3.05) is 6.61 Å². The summed E-state index contributed by atoms with van der Waals surface area (Å²) in [6.45, 7) is 2.54. The van der Waals surface area contributed by atoms with Crippen LogP contribution >= 0.6 is 22.9 Å². The van der Waals surface area contributed by atoms with Gasteiger partial charge in [0.25, 0.3) is 0 Å². The number of halogens is 1. The minimum atomic E-state index is -0.416. The van der Waals surface area contributed by atoms with Gasteiger partial charge in [0.05, 0.1) is 28.4 Å². The summed E-state index contributed by atoms with van der Waals surface area (Å²) in [7, 11) is 0. The Labute approximate surface area is 124 Å². The molecule has 0 aliphatic carbocycles. The Morgan fingerprint density at radius 3 is 3.15 bits per heavy atom. The molecule has 0 amide bonds. The Kier molecular flexibility index (Phi) is 3.35. The molecule has 0 fully saturated rings. The van der Waals surface area contributed by atoms with Crippen molar-refractivity contribution < 1.29 is 14.3 Å². The second-order valence-corrected chi connectivity index (χ2v) is 5.77. The van der Waals surface area contributed by atoms with E-state index in [1.54, 1.807) is 23.9 Å². The van der Waals surface area contributed by atoms with Crippen LogP contribution in [0.2, 0.25) is 5.02 Å². The second kappa shape index (κ2) is 5.03. The Bertz CT molecular complexity index is 705. The number of esters is 1. The highest BCUT2D eigenvalue weighted by molar-refractivity contribution is 7.16. The maximum Gasteiger partial charge on any atom is 0.348 e. The fourth-order valence-corrected chi connectivity index (χ4v) is 3.46. The average molecular weight is 311 g/mol. The third-order valence-electron chi connectivity index (χ3n) is 3.06. The number of ether oxygens (including phenoxy) is 1. The summed E-state index contributed by atoms with van der Waals surface area (Å²) < 4.78 is 6.68. The van der Waals surface area contributed by atoms with Crippen LogP contribution in [0.1, 0.15) is 32.7 Å². The van der Waals surface area contributed by atoms with E-state index in [2.05, 4.69) is 5.10 Å². The third-order valence-corrected chi connectivity index (χ3v) is 4.50. The van der Waals surface area contributed by atoms with Crippen LogP contribution in [0.3, 0.4) is 0 Å². The number of carbonyl (C=O) groups excluding carboxylic acids is 2. The first-order valence-corrected chi connectivity index (χ1v) is 7.37. The molecule has 2 aromatic heterocycles. The van der Waals surface area contributed by atoms with Crippen LogP contribution in [-0.4, -0.2) is 28.1 Å². The van der Waals surface area contributed by atoms with Gasteiger partial charge in [-0.1, -0.05) is 11.6 Å². The fourth-order valence-electron chi connectivity index (χ4n) is 2.20. The summed E-state index contributed by atoms with van der Waals surface area (Å²) in [5, 5.41) is 4.64. The number of carbonyl (C=O) groups is 2. The Morgan fingerprint density at radius 2 is 2.40 bits per heavy atom. The highest BCUT2D eigenvalue weighted by Gasteiger charge is 2.27. The zero-order valence-corrected chi connectivity index (χ0v) is 12.3. The minimum Gasteiger partial charge on any atom is -0.462 e. The van der Waals surface area contributed by atoms with Crippen molar-refractivity contribution in [3.05, 3.63) is 27.0 Å². The van der Waals surface area contributed by atoms with Crippen molar-refractivity contribution in [1.29, 1.82) is 0 Å². The zero-order valence-electron chi connectivity index (χ0n) is 10.7. The van der Waals surface area contributed by atoms with Crippen LogP contribution in [0.5, 0.6) is 0 Å². The first-order valence-electron chi connectivity index (χ1n) is 6.17. The molecule has 0 bridgehead atoms. The van der Waals surface area contributed by atoms with E-state index < -0.39 is 5.97 Å². The van der Waals surface area contributed by atoms with Crippen molar-refractivity contribution in [2.45, 2.75) is 19.9 Å². The summed E-state index contributed by atoms with van der Waals surface area (Å²) in [5.41, 5.74) is 1.36. The van der Waals surface area contributed by atoms with E-state index >= 15 is 0 Å². The molecule has 0 spiro atoms. The predicted molar refractivity (Wildman–Crippen MR) is 75.5 cm³/mol. The van der Waals surface area contributed by atoms with Gasteiger partial charge in [0.1, 0.15) is 4.88 Å². The van der Waals surface area contributed by atoms with Crippen molar-refractivity contribution in [1.82, 2.24) is 9.78 Å². The molecule has 7 heteroatoms. The topological polar surface area (TPSA) is 61.2 Å². The number of thiophene rings is 1. The molecule has 0 N–H and O–H groups in total. The van der Waals surface area contributed by atoms with Gasteiger partial charge in [-0.3, -0.25) is 9.48 Å². The summed E-state index contributed by atoms with van der Waals surface area (Å²) in [4.78, 5) is 24.9. The molecule has 3 heterocycles. The van der Waals surface area contributed by atoms with Crippen molar-refractivity contribution in [3.63, 3.8) is 0 Å². The highest BCUT2D eigenvalue weighted by atomic mass is 35.5. The van der Waals surface area contributed by atoms with Crippen LogP contribution in [-0.2, 0) is 11.3 Å². The number of rotatable bonds is 2. The van der Waals surface area contributed by atoms with Crippen LogP contribution in [0.25, 0.3) is 11.3 Å². The van der Waals surface area contributed by atoms with Crippen molar-refractivity contribution in [2.24, 2.45) is 0 Å². The number of hydrogen-bond acceptors (Lipinski definition) is 5. The highest BCUT2D eigenvalue weighted by Crippen LogP contribution is 2.38. The number of Topliss-reactive ketones (excluding diaryl/α,β-unsaturated/α-hetero) is 1. The Balaban J connectivity index is 2.15.